The number of cyclic esters (lactones) is 1. The van der Waals surface area contributed by atoms with Crippen molar-refractivity contribution >= 4 is 29.3 Å². The number of carbonyl (C=O) groups is 2. The lowest BCUT2D eigenvalue weighted by Crippen LogP contribution is -2.42. The van der Waals surface area contributed by atoms with Crippen molar-refractivity contribution in [1.82, 2.24) is 4.90 Å². The van der Waals surface area contributed by atoms with E-state index in [9.17, 15) is 14.0 Å². The van der Waals surface area contributed by atoms with E-state index in [0.29, 0.717) is 25.3 Å². The minimum Gasteiger partial charge on any atom is -0.449 e. The van der Waals surface area contributed by atoms with Crippen LogP contribution in [0.4, 0.5) is 14.9 Å². The van der Waals surface area contributed by atoms with Gasteiger partial charge in [0.1, 0.15) is 12.4 Å². The Balaban J connectivity index is 1.93. The molecule has 1 fully saturated rings. The molecule has 19 heavy (non-hydrogen) atoms. The van der Waals surface area contributed by atoms with Crippen LogP contribution in [0.25, 0.3) is 0 Å². The Morgan fingerprint density at radius 2 is 2.32 bits per heavy atom. The number of hydrogen-bond acceptors (Lipinski definition) is 3. The summed E-state index contributed by atoms with van der Waals surface area (Å²) in [6, 6.07) is 3.87. The molecule has 5 nitrogen and oxygen atoms in total. The van der Waals surface area contributed by atoms with Crippen LogP contribution in [-0.2, 0) is 9.53 Å². The summed E-state index contributed by atoms with van der Waals surface area (Å²) in [6.45, 7) is 0.759. The van der Waals surface area contributed by atoms with Gasteiger partial charge in [0.2, 0.25) is 5.91 Å². The summed E-state index contributed by atoms with van der Waals surface area (Å²) in [5, 5.41) is 2.46. The fourth-order valence-corrected chi connectivity index (χ4v) is 1.87. The molecule has 2 amide bonds. The number of amides is 2. The standard InChI is InChI=1S/C12H12ClFN2O3/c13-9-6-8(2-3-10(9)14)15-11(17)7-16-4-1-5-19-12(16)18/h2-3,6H,1,4-5,7H2,(H,15,17). The maximum absolute atomic E-state index is 12.9. The molecule has 1 N–H and O–H groups in total. The van der Waals surface area contributed by atoms with Gasteiger partial charge in [0, 0.05) is 12.2 Å². The first-order valence-corrected chi connectivity index (χ1v) is 6.10. The van der Waals surface area contributed by atoms with Crippen molar-refractivity contribution in [3.63, 3.8) is 0 Å². The Morgan fingerprint density at radius 1 is 1.53 bits per heavy atom. The van der Waals surface area contributed by atoms with Gasteiger partial charge in [-0.2, -0.15) is 0 Å². The van der Waals surface area contributed by atoms with Crippen LogP contribution in [0.1, 0.15) is 6.42 Å². The van der Waals surface area contributed by atoms with E-state index in [-0.39, 0.29) is 17.5 Å². The fourth-order valence-electron chi connectivity index (χ4n) is 1.69. The molecule has 1 aliphatic heterocycles. The highest BCUT2D eigenvalue weighted by atomic mass is 35.5. The zero-order valence-electron chi connectivity index (χ0n) is 9.99. The van der Waals surface area contributed by atoms with E-state index in [1.165, 1.54) is 17.0 Å². The smallest absolute Gasteiger partial charge is 0.410 e. The Kier molecular flexibility index (Phi) is 4.21. The monoisotopic (exact) mass is 286 g/mol. The number of benzene rings is 1. The molecule has 1 aromatic carbocycles. The van der Waals surface area contributed by atoms with E-state index in [2.05, 4.69) is 5.32 Å². The van der Waals surface area contributed by atoms with Gasteiger partial charge in [0.15, 0.2) is 0 Å². The number of rotatable bonds is 3. The summed E-state index contributed by atoms with van der Waals surface area (Å²) in [6.07, 6.45) is 0.194. The van der Waals surface area contributed by atoms with Crippen LogP contribution in [0.5, 0.6) is 0 Å². The SMILES string of the molecule is O=C(CN1CCCOC1=O)Nc1ccc(F)c(Cl)c1. The van der Waals surface area contributed by atoms with Gasteiger partial charge in [-0.3, -0.25) is 9.69 Å². The second kappa shape index (κ2) is 5.88. The van der Waals surface area contributed by atoms with Gasteiger partial charge in [0.25, 0.3) is 0 Å². The summed E-state index contributed by atoms with van der Waals surface area (Å²) < 4.78 is 17.8. The van der Waals surface area contributed by atoms with Crippen LogP contribution in [0.3, 0.4) is 0 Å². The molecule has 1 saturated heterocycles. The van der Waals surface area contributed by atoms with Gasteiger partial charge in [0.05, 0.1) is 11.6 Å². The van der Waals surface area contributed by atoms with E-state index in [1.807, 2.05) is 0 Å². The van der Waals surface area contributed by atoms with Crippen molar-refractivity contribution in [2.45, 2.75) is 6.42 Å². The van der Waals surface area contributed by atoms with Crippen LogP contribution in [0, 0.1) is 5.82 Å². The van der Waals surface area contributed by atoms with Crippen molar-refractivity contribution in [3.8, 4) is 0 Å². The molecule has 0 aliphatic carbocycles. The Morgan fingerprint density at radius 3 is 3.00 bits per heavy atom. The molecule has 1 aliphatic rings. The van der Waals surface area contributed by atoms with Crippen LogP contribution >= 0.6 is 11.6 Å². The lowest BCUT2D eigenvalue weighted by atomic mass is 10.3. The van der Waals surface area contributed by atoms with Gasteiger partial charge < -0.3 is 10.1 Å². The second-order valence-corrected chi connectivity index (χ2v) is 4.47. The molecule has 7 heteroatoms. The summed E-state index contributed by atoms with van der Waals surface area (Å²) in [5.74, 6) is -0.944. The second-order valence-electron chi connectivity index (χ2n) is 4.07. The Labute approximate surface area is 114 Å². The van der Waals surface area contributed by atoms with Crippen molar-refractivity contribution in [1.29, 1.82) is 0 Å². The summed E-state index contributed by atoms with van der Waals surface area (Å²) in [7, 11) is 0. The van der Waals surface area contributed by atoms with Crippen LogP contribution < -0.4 is 5.32 Å². The Hall–Kier alpha value is -1.82. The third-order valence-electron chi connectivity index (χ3n) is 2.59. The van der Waals surface area contributed by atoms with E-state index in [0.717, 1.165) is 6.07 Å². The van der Waals surface area contributed by atoms with E-state index in [4.69, 9.17) is 16.3 Å². The number of hydrogen-bond donors (Lipinski definition) is 1. The molecular weight excluding hydrogens is 275 g/mol. The van der Waals surface area contributed by atoms with E-state index >= 15 is 0 Å². The molecule has 2 rings (SSSR count). The predicted molar refractivity (Wildman–Crippen MR) is 67.6 cm³/mol. The number of carbonyl (C=O) groups excluding carboxylic acids is 2. The summed E-state index contributed by atoms with van der Waals surface area (Å²) in [5.41, 5.74) is 0.377. The summed E-state index contributed by atoms with van der Waals surface area (Å²) in [4.78, 5) is 24.4. The topological polar surface area (TPSA) is 58.6 Å². The average molecular weight is 287 g/mol. The molecule has 0 aromatic heterocycles. The molecule has 0 atom stereocenters. The lowest BCUT2D eigenvalue weighted by molar-refractivity contribution is -0.117. The lowest BCUT2D eigenvalue weighted by Gasteiger charge is -2.25. The largest absolute Gasteiger partial charge is 0.449 e. The summed E-state index contributed by atoms with van der Waals surface area (Å²) >= 11 is 5.60. The highest BCUT2D eigenvalue weighted by Crippen LogP contribution is 2.19. The molecule has 1 aromatic rings. The van der Waals surface area contributed by atoms with Gasteiger partial charge in [-0.05, 0) is 24.6 Å². The third kappa shape index (κ3) is 3.57. The molecular formula is C12H12ClFN2O3. The molecule has 0 spiro atoms. The normalized spacial score (nSPS) is 15.1. The van der Waals surface area contributed by atoms with Crippen LogP contribution in [-0.4, -0.2) is 36.6 Å². The van der Waals surface area contributed by atoms with Crippen LogP contribution in [0.2, 0.25) is 5.02 Å². The van der Waals surface area contributed by atoms with Gasteiger partial charge >= 0.3 is 6.09 Å². The van der Waals surface area contributed by atoms with Crippen molar-refractivity contribution < 1.29 is 18.7 Å². The van der Waals surface area contributed by atoms with Crippen molar-refractivity contribution in [3.05, 3.63) is 29.0 Å². The van der Waals surface area contributed by atoms with Gasteiger partial charge in [-0.25, -0.2) is 9.18 Å². The molecule has 1 heterocycles. The first kappa shape index (κ1) is 13.6. The first-order valence-electron chi connectivity index (χ1n) is 5.73. The number of nitrogens with zero attached hydrogens (tertiary/aromatic N) is 1. The molecule has 0 saturated carbocycles. The fraction of sp³-hybridized carbons (Fsp3) is 0.333. The maximum Gasteiger partial charge on any atom is 0.410 e. The predicted octanol–water partition coefficient (Wildman–Crippen LogP) is 2.26. The Bertz CT molecular complexity index is 510. The maximum atomic E-state index is 12.9. The minimum atomic E-state index is -0.556. The number of halogens is 2. The quantitative estimate of drug-likeness (QED) is 0.927. The molecule has 102 valence electrons. The zero-order chi connectivity index (χ0) is 13.8. The van der Waals surface area contributed by atoms with E-state index < -0.39 is 11.9 Å². The average Bonchev–Trinajstić information content (AvgIpc) is 2.37. The van der Waals surface area contributed by atoms with Crippen LogP contribution in [0.15, 0.2) is 18.2 Å². The molecule has 0 radical (unpaired) electrons. The number of anilines is 1. The van der Waals surface area contributed by atoms with Gasteiger partial charge in [-0.15, -0.1) is 0 Å². The zero-order valence-corrected chi connectivity index (χ0v) is 10.7. The van der Waals surface area contributed by atoms with Gasteiger partial charge in [-0.1, -0.05) is 11.6 Å². The van der Waals surface area contributed by atoms with E-state index in [1.54, 1.807) is 0 Å². The highest BCUT2D eigenvalue weighted by molar-refractivity contribution is 6.31. The number of nitrogens with one attached hydrogen (secondary N) is 1. The van der Waals surface area contributed by atoms with Crippen molar-refractivity contribution in [2.75, 3.05) is 25.0 Å². The first-order chi connectivity index (χ1) is 9.06. The molecule has 0 unspecified atom stereocenters. The minimum absolute atomic E-state index is 0.0739. The molecule has 0 bridgehead atoms. The third-order valence-corrected chi connectivity index (χ3v) is 2.88. The highest BCUT2D eigenvalue weighted by Gasteiger charge is 2.21. The number of ether oxygens (including phenoxy) is 1. The van der Waals surface area contributed by atoms with Crippen molar-refractivity contribution in [2.24, 2.45) is 0 Å².